The first-order valence-corrected chi connectivity index (χ1v) is 8.92. The third-order valence-corrected chi connectivity index (χ3v) is 4.36. The van der Waals surface area contributed by atoms with Crippen LogP contribution >= 0.6 is 23.2 Å². The molecule has 0 amide bonds. The Morgan fingerprint density at radius 2 is 1.90 bits per heavy atom. The van der Waals surface area contributed by atoms with E-state index in [1.54, 1.807) is 0 Å². The van der Waals surface area contributed by atoms with E-state index >= 15 is 0 Å². The molecule has 1 aliphatic carbocycles. The smallest absolute Gasteiger partial charge is 0.224 e. The molecule has 0 spiro atoms. The number of anilines is 1. The van der Waals surface area contributed by atoms with Crippen LogP contribution in [0.25, 0.3) is 0 Å². The molecule has 1 unspecified atom stereocenters. The highest BCUT2D eigenvalue weighted by Crippen LogP contribution is 2.26. The highest BCUT2D eigenvalue weighted by Gasteiger charge is 2.28. The highest BCUT2D eigenvalue weighted by atomic mass is 35.5. The van der Waals surface area contributed by atoms with E-state index in [9.17, 15) is 8.42 Å². The molecule has 1 fully saturated rings. The number of sulfonamides is 1. The number of aromatic nitrogens is 2. The average molecular weight is 339 g/mol. The van der Waals surface area contributed by atoms with Crippen molar-refractivity contribution in [1.29, 1.82) is 0 Å². The minimum atomic E-state index is -3.25. The summed E-state index contributed by atoms with van der Waals surface area (Å²) in [5, 5.41) is 3.63. The maximum atomic E-state index is 11.4. The van der Waals surface area contributed by atoms with Crippen LogP contribution in [0.1, 0.15) is 25.7 Å². The zero-order valence-corrected chi connectivity index (χ0v) is 13.3. The summed E-state index contributed by atoms with van der Waals surface area (Å²) in [6.07, 6.45) is 6.21. The molecule has 0 radical (unpaired) electrons. The quantitative estimate of drug-likeness (QED) is 0.821. The van der Waals surface area contributed by atoms with Gasteiger partial charge in [-0.3, -0.25) is 0 Å². The van der Waals surface area contributed by atoms with Crippen molar-refractivity contribution < 1.29 is 8.42 Å². The van der Waals surface area contributed by atoms with Crippen LogP contribution in [-0.2, 0) is 10.0 Å². The number of nitrogens with one attached hydrogen (secondary N) is 2. The summed E-state index contributed by atoms with van der Waals surface area (Å²) in [6.45, 7) is 0. The lowest BCUT2D eigenvalue weighted by atomic mass is 9.91. The first kappa shape index (κ1) is 15.8. The Bertz CT molecular complexity index is 582. The van der Waals surface area contributed by atoms with Crippen LogP contribution < -0.4 is 10.0 Å². The molecule has 112 valence electrons. The molecule has 6 nitrogen and oxygen atoms in total. The predicted molar refractivity (Wildman–Crippen MR) is 79.7 cm³/mol. The van der Waals surface area contributed by atoms with Crippen molar-refractivity contribution in [2.24, 2.45) is 0 Å². The number of rotatable bonds is 4. The molecular formula is C11H16Cl2N4O2S. The molecule has 0 bridgehead atoms. The molecule has 1 aliphatic rings. The van der Waals surface area contributed by atoms with Crippen LogP contribution in [0.15, 0.2) is 6.20 Å². The Morgan fingerprint density at radius 1 is 1.25 bits per heavy atom. The summed E-state index contributed by atoms with van der Waals surface area (Å²) in [4.78, 5) is 7.81. The third kappa shape index (κ3) is 4.44. The van der Waals surface area contributed by atoms with Gasteiger partial charge in [-0.25, -0.2) is 18.1 Å². The minimum absolute atomic E-state index is 0.0676. The molecule has 1 aromatic rings. The SMILES string of the molecule is CS(=O)(=O)N[C@@H]1CCCCC1Nc1nc(Cl)ncc1Cl. The lowest BCUT2D eigenvalue weighted by Crippen LogP contribution is -2.48. The van der Waals surface area contributed by atoms with E-state index in [1.165, 1.54) is 6.20 Å². The summed E-state index contributed by atoms with van der Waals surface area (Å²) in [7, 11) is -3.25. The van der Waals surface area contributed by atoms with Gasteiger partial charge in [-0.05, 0) is 24.4 Å². The molecule has 2 rings (SSSR count). The first-order chi connectivity index (χ1) is 9.35. The van der Waals surface area contributed by atoms with Crippen LogP contribution in [-0.4, -0.2) is 36.7 Å². The predicted octanol–water partition coefficient (Wildman–Crippen LogP) is 2.06. The molecular weight excluding hydrogens is 323 g/mol. The van der Waals surface area contributed by atoms with Crippen molar-refractivity contribution in [2.75, 3.05) is 11.6 Å². The first-order valence-electron chi connectivity index (χ1n) is 6.27. The van der Waals surface area contributed by atoms with Crippen LogP contribution in [0.5, 0.6) is 0 Å². The van der Waals surface area contributed by atoms with Gasteiger partial charge in [0, 0.05) is 12.1 Å². The van der Waals surface area contributed by atoms with E-state index in [0.29, 0.717) is 10.8 Å². The number of hydrogen-bond acceptors (Lipinski definition) is 5. The Morgan fingerprint density at radius 3 is 2.55 bits per heavy atom. The van der Waals surface area contributed by atoms with Gasteiger partial charge < -0.3 is 5.32 Å². The molecule has 2 atom stereocenters. The Hall–Kier alpha value is -0.630. The van der Waals surface area contributed by atoms with Crippen LogP contribution in [0.3, 0.4) is 0 Å². The molecule has 0 aliphatic heterocycles. The normalized spacial score (nSPS) is 23.6. The number of nitrogens with zero attached hydrogens (tertiary/aromatic N) is 2. The molecule has 0 aromatic carbocycles. The average Bonchev–Trinajstić information content (AvgIpc) is 2.34. The summed E-state index contributed by atoms with van der Waals surface area (Å²) < 4.78 is 25.5. The van der Waals surface area contributed by atoms with Gasteiger partial charge >= 0.3 is 0 Å². The zero-order valence-electron chi connectivity index (χ0n) is 10.9. The van der Waals surface area contributed by atoms with Crippen molar-refractivity contribution in [1.82, 2.24) is 14.7 Å². The van der Waals surface area contributed by atoms with Crippen molar-refractivity contribution in [3.63, 3.8) is 0 Å². The van der Waals surface area contributed by atoms with E-state index in [1.807, 2.05) is 0 Å². The summed E-state index contributed by atoms with van der Waals surface area (Å²) in [6, 6.07) is -0.245. The maximum absolute atomic E-state index is 11.4. The molecule has 1 heterocycles. The van der Waals surface area contributed by atoms with E-state index < -0.39 is 10.0 Å². The topological polar surface area (TPSA) is 84.0 Å². The fraction of sp³-hybridized carbons (Fsp3) is 0.636. The molecule has 1 aromatic heterocycles. The second-order valence-corrected chi connectivity index (χ2v) is 7.39. The zero-order chi connectivity index (χ0) is 14.8. The van der Waals surface area contributed by atoms with Gasteiger partial charge in [0.05, 0.1) is 12.5 Å². The van der Waals surface area contributed by atoms with E-state index in [2.05, 4.69) is 20.0 Å². The van der Waals surface area contributed by atoms with Gasteiger partial charge in [-0.15, -0.1) is 0 Å². The van der Waals surface area contributed by atoms with Crippen LogP contribution in [0.2, 0.25) is 10.3 Å². The third-order valence-electron chi connectivity index (χ3n) is 3.17. The monoisotopic (exact) mass is 338 g/mol. The maximum Gasteiger partial charge on any atom is 0.224 e. The second kappa shape index (κ2) is 6.43. The lowest BCUT2D eigenvalue weighted by molar-refractivity contribution is 0.379. The molecule has 0 saturated heterocycles. The van der Waals surface area contributed by atoms with Gasteiger partial charge in [0.1, 0.15) is 10.8 Å². The van der Waals surface area contributed by atoms with Gasteiger partial charge in [0.25, 0.3) is 0 Å². The van der Waals surface area contributed by atoms with Gasteiger partial charge in [0.15, 0.2) is 0 Å². The largest absolute Gasteiger partial charge is 0.364 e. The second-order valence-electron chi connectivity index (χ2n) is 4.87. The molecule has 9 heteroatoms. The van der Waals surface area contributed by atoms with E-state index in [0.717, 1.165) is 31.9 Å². The van der Waals surface area contributed by atoms with Crippen molar-refractivity contribution in [2.45, 2.75) is 37.8 Å². The molecule has 20 heavy (non-hydrogen) atoms. The van der Waals surface area contributed by atoms with Crippen molar-refractivity contribution in [3.8, 4) is 0 Å². The van der Waals surface area contributed by atoms with E-state index in [-0.39, 0.29) is 17.4 Å². The van der Waals surface area contributed by atoms with Gasteiger partial charge in [0.2, 0.25) is 15.3 Å². The standard InChI is InChI=1S/C11H16Cl2N4O2S/c1-20(18,19)17-9-5-3-2-4-8(9)15-10-7(12)6-14-11(13)16-10/h6,8-9,17H,2-5H2,1H3,(H,14,15,16)/t8?,9-/m1/s1. The fourth-order valence-electron chi connectivity index (χ4n) is 2.34. The van der Waals surface area contributed by atoms with Crippen LogP contribution in [0, 0.1) is 0 Å². The lowest BCUT2D eigenvalue weighted by Gasteiger charge is -2.32. The number of halogens is 2. The summed E-state index contributed by atoms with van der Waals surface area (Å²) in [5.41, 5.74) is 0. The molecule has 1 saturated carbocycles. The fourth-order valence-corrected chi connectivity index (χ4v) is 3.45. The Labute approximate surface area is 128 Å². The van der Waals surface area contributed by atoms with E-state index in [4.69, 9.17) is 23.2 Å². The highest BCUT2D eigenvalue weighted by molar-refractivity contribution is 7.88. The van der Waals surface area contributed by atoms with Crippen molar-refractivity contribution >= 4 is 39.0 Å². The molecule has 2 N–H and O–H groups in total. The minimum Gasteiger partial charge on any atom is -0.364 e. The van der Waals surface area contributed by atoms with Crippen molar-refractivity contribution in [3.05, 3.63) is 16.5 Å². The number of hydrogen-bond donors (Lipinski definition) is 2. The van der Waals surface area contributed by atoms with Crippen LogP contribution in [0.4, 0.5) is 5.82 Å². The summed E-state index contributed by atoms with van der Waals surface area (Å²) >= 11 is 11.8. The summed E-state index contributed by atoms with van der Waals surface area (Å²) in [5.74, 6) is 0.430. The van der Waals surface area contributed by atoms with Gasteiger partial charge in [-0.1, -0.05) is 24.4 Å². The van der Waals surface area contributed by atoms with Gasteiger partial charge in [-0.2, -0.15) is 4.98 Å². The Kier molecular flexibility index (Phi) is 5.06. The Balaban J connectivity index is 2.14.